The second kappa shape index (κ2) is 7.85. The standard InChI is InChI=1S/C17H26N2OS/c1-12(16(18)13-7-4-3-5-8-13)17(20)19-14-9-6-10-15(11-14)21-2/h3-5,7-8,12,14-16H,6,9-11,18H2,1-2H3,(H,19,20). The van der Waals surface area contributed by atoms with Crippen molar-refractivity contribution in [2.24, 2.45) is 11.7 Å². The maximum absolute atomic E-state index is 12.4. The molecule has 1 saturated carbocycles. The molecule has 0 saturated heterocycles. The minimum atomic E-state index is -0.244. The lowest BCUT2D eigenvalue weighted by atomic mass is 9.92. The first kappa shape index (κ1) is 16.4. The van der Waals surface area contributed by atoms with Gasteiger partial charge in [0.05, 0.1) is 5.92 Å². The summed E-state index contributed by atoms with van der Waals surface area (Å²) >= 11 is 1.91. The van der Waals surface area contributed by atoms with Crippen LogP contribution in [-0.2, 0) is 4.79 Å². The van der Waals surface area contributed by atoms with Crippen LogP contribution in [0.2, 0.25) is 0 Å². The van der Waals surface area contributed by atoms with Crippen molar-refractivity contribution in [3.05, 3.63) is 35.9 Å². The van der Waals surface area contributed by atoms with Crippen molar-refractivity contribution in [3.63, 3.8) is 0 Å². The van der Waals surface area contributed by atoms with Crippen molar-refractivity contribution in [2.45, 2.75) is 49.9 Å². The molecule has 0 aromatic heterocycles. The molecule has 4 atom stereocenters. The molecule has 0 aliphatic heterocycles. The van der Waals surface area contributed by atoms with Gasteiger partial charge in [0, 0.05) is 17.3 Å². The first-order valence-electron chi connectivity index (χ1n) is 7.75. The van der Waals surface area contributed by atoms with Crippen molar-refractivity contribution in [3.8, 4) is 0 Å². The molecule has 1 aliphatic rings. The normalized spacial score (nSPS) is 25.1. The smallest absolute Gasteiger partial charge is 0.224 e. The van der Waals surface area contributed by atoms with Crippen LogP contribution in [0.25, 0.3) is 0 Å². The topological polar surface area (TPSA) is 55.1 Å². The van der Waals surface area contributed by atoms with Crippen molar-refractivity contribution in [1.29, 1.82) is 0 Å². The lowest BCUT2D eigenvalue weighted by Gasteiger charge is -2.30. The van der Waals surface area contributed by atoms with Gasteiger partial charge < -0.3 is 11.1 Å². The highest BCUT2D eigenvalue weighted by atomic mass is 32.2. The molecule has 0 radical (unpaired) electrons. The van der Waals surface area contributed by atoms with Crippen LogP contribution in [0.15, 0.2) is 30.3 Å². The number of hydrogen-bond acceptors (Lipinski definition) is 3. The molecule has 1 aliphatic carbocycles. The number of carbonyl (C=O) groups excluding carboxylic acids is 1. The van der Waals surface area contributed by atoms with Gasteiger partial charge in [-0.15, -0.1) is 0 Å². The summed E-state index contributed by atoms with van der Waals surface area (Å²) in [4.78, 5) is 12.4. The Hall–Kier alpha value is -1.00. The van der Waals surface area contributed by atoms with E-state index in [0.717, 1.165) is 18.4 Å². The summed E-state index contributed by atoms with van der Waals surface area (Å²) in [6, 6.07) is 9.93. The van der Waals surface area contributed by atoms with E-state index in [9.17, 15) is 4.79 Å². The number of benzene rings is 1. The Morgan fingerprint density at radius 2 is 2.05 bits per heavy atom. The third-order valence-corrected chi connectivity index (χ3v) is 5.54. The Kier molecular flexibility index (Phi) is 6.12. The Morgan fingerprint density at radius 1 is 1.33 bits per heavy atom. The van der Waals surface area contributed by atoms with Crippen molar-refractivity contribution in [2.75, 3.05) is 6.26 Å². The number of rotatable bonds is 5. The predicted molar refractivity (Wildman–Crippen MR) is 90.2 cm³/mol. The van der Waals surface area contributed by atoms with E-state index in [1.54, 1.807) is 0 Å². The van der Waals surface area contributed by atoms with Crippen LogP contribution in [-0.4, -0.2) is 23.5 Å². The second-order valence-corrected chi connectivity index (χ2v) is 7.09. The first-order valence-corrected chi connectivity index (χ1v) is 9.04. The first-order chi connectivity index (χ1) is 10.1. The lowest BCUT2D eigenvalue weighted by molar-refractivity contribution is -0.126. The second-order valence-electron chi connectivity index (χ2n) is 5.95. The van der Waals surface area contributed by atoms with E-state index in [2.05, 4.69) is 11.6 Å². The highest BCUT2D eigenvalue weighted by Crippen LogP contribution is 2.27. The molecule has 1 aromatic carbocycles. The van der Waals surface area contributed by atoms with Crippen LogP contribution in [0.4, 0.5) is 0 Å². The zero-order valence-corrected chi connectivity index (χ0v) is 13.7. The van der Waals surface area contributed by atoms with Crippen LogP contribution in [0.5, 0.6) is 0 Å². The molecule has 1 fully saturated rings. The van der Waals surface area contributed by atoms with E-state index in [0.29, 0.717) is 11.3 Å². The van der Waals surface area contributed by atoms with Gasteiger partial charge in [-0.25, -0.2) is 0 Å². The van der Waals surface area contributed by atoms with E-state index in [4.69, 9.17) is 5.73 Å². The fourth-order valence-corrected chi connectivity index (χ4v) is 3.78. The van der Waals surface area contributed by atoms with E-state index in [1.807, 2.05) is 49.0 Å². The molecule has 4 heteroatoms. The summed E-state index contributed by atoms with van der Waals surface area (Å²) in [5.41, 5.74) is 7.25. The Labute approximate surface area is 132 Å². The predicted octanol–water partition coefficient (Wildman–Crippen LogP) is 3.11. The number of nitrogens with two attached hydrogens (primary N) is 1. The summed E-state index contributed by atoms with van der Waals surface area (Å²) in [5.74, 6) is -0.125. The van der Waals surface area contributed by atoms with Crippen LogP contribution in [0.1, 0.15) is 44.2 Å². The number of carbonyl (C=O) groups is 1. The molecule has 21 heavy (non-hydrogen) atoms. The summed E-state index contributed by atoms with van der Waals surface area (Å²) in [5, 5.41) is 3.88. The monoisotopic (exact) mass is 306 g/mol. The molecular weight excluding hydrogens is 280 g/mol. The van der Waals surface area contributed by atoms with Gasteiger partial charge in [0.1, 0.15) is 0 Å². The third kappa shape index (κ3) is 4.48. The fraction of sp³-hybridized carbons (Fsp3) is 0.588. The quantitative estimate of drug-likeness (QED) is 0.879. The van der Waals surface area contributed by atoms with E-state index < -0.39 is 0 Å². The van der Waals surface area contributed by atoms with Crippen molar-refractivity contribution < 1.29 is 4.79 Å². The van der Waals surface area contributed by atoms with Gasteiger partial charge in [-0.2, -0.15) is 11.8 Å². The molecule has 4 unspecified atom stereocenters. The summed E-state index contributed by atoms with van der Waals surface area (Å²) in [6.45, 7) is 1.92. The molecule has 116 valence electrons. The largest absolute Gasteiger partial charge is 0.353 e. The van der Waals surface area contributed by atoms with Gasteiger partial charge in [-0.3, -0.25) is 4.79 Å². The van der Waals surface area contributed by atoms with Gasteiger partial charge in [-0.05, 0) is 31.1 Å². The Bertz CT molecular complexity index is 451. The average Bonchev–Trinajstić information content (AvgIpc) is 2.54. The number of amides is 1. The number of hydrogen-bond donors (Lipinski definition) is 2. The SMILES string of the molecule is CSC1CCCC(NC(=O)C(C)C(N)c2ccccc2)C1. The van der Waals surface area contributed by atoms with Gasteiger partial charge in [0.2, 0.25) is 5.91 Å². The summed E-state index contributed by atoms with van der Waals surface area (Å²) in [7, 11) is 0. The average molecular weight is 306 g/mol. The molecular formula is C17H26N2OS. The van der Waals surface area contributed by atoms with E-state index >= 15 is 0 Å². The highest BCUT2D eigenvalue weighted by molar-refractivity contribution is 7.99. The number of nitrogens with one attached hydrogen (secondary N) is 1. The van der Waals surface area contributed by atoms with Gasteiger partial charge in [-0.1, -0.05) is 43.7 Å². The summed E-state index contributed by atoms with van der Waals surface area (Å²) in [6.07, 6.45) is 6.81. The van der Waals surface area contributed by atoms with Crippen LogP contribution >= 0.6 is 11.8 Å². The molecule has 0 spiro atoms. The molecule has 1 aromatic rings. The van der Waals surface area contributed by atoms with Gasteiger partial charge >= 0.3 is 0 Å². The van der Waals surface area contributed by atoms with Crippen LogP contribution in [0, 0.1) is 5.92 Å². The molecule has 0 bridgehead atoms. The zero-order valence-electron chi connectivity index (χ0n) is 12.9. The minimum Gasteiger partial charge on any atom is -0.353 e. The molecule has 3 N–H and O–H groups in total. The summed E-state index contributed by atoms with van der Waals surface area (Å²) < 4.78 is 0. The zero-order chi connectivity index (χ0) is 15.2. The fourth-order valence-electron chi connectivity index (χ4n) is 2.95. The van der Waals surface area contributed by atoms with Crippen molar-refractivity contribution in [1.82, 2.24) is 5.32 Å². The Morgan fingerprint density at radius 3 is 2.71 bits per heavy atom. The van der Waals surface area contributed by atoms with Crippen LogP contribution < -0.4 is 11.1 Å². The maximum atomic E-state index is 12.4. The lowest BCUT2D eigenvalue weighted by Crippen LogP contribution is -2.43. The van der Waals surface area contributed by atoms with Crippen LogP contribution in [0.3, 0.4) is 0 Å². The molecule has 2 rings (SSSR count). The number of thioether (sulfide) groups is 1. The minimum absolute atomic E-state index is 0.0816. The van der Waals surface area contributed by atoms with Gasteiger partial charge in [0.25, 0.3) is 0 Å². The van der Waals surface area contributed by atoms with E-state index in [-0.39, 0.29) is 17.9 Å². The third-order valence-electron chi connectivity index (χ3n) is 4.44. The molecule has 1 amide bonds. The Balaban J connectivity index is 1.90. The van der Waals surface area contributed by atoms with E-state index in [1.165, 1.54) is 12.8 Å². The molecule has 3 nitrogen and oxygen atoms in total. The maximum Gasteiger partial charge on any atom is 0.224 e. The van der Waals surface area contributed by atoms with Crippen molar-refractivity contribution >= 4 is 17.7 Å². The highest BCUT2D eigenvalue weighted by Gasteiger charge is 2.27. The van der Waals surface area contributed by atoms with Gasteiger partial charge in [0.15, 0.2) is 0 Å². The molecule has 0 heterocycles.